The fourth-order valence-electron chi connectivity index (χ4n) is 3.73. The molecule has 4 aromatic rings. The van der Waals surface area contributed by atoms with Gasteiger partial charge in [0.05, 0.1) is 23.1 Å². The van der Waals surface area contributed by atoms with Crippen molar-refractivity contribution in [2.24, 2.45) is 4.99 Å². The average molecular weight is 518 g/mol. The van der Waals surface area contributed by atoms with Gasteiger partial charge in [-0.25, -0.2) is 13.5 Å². The lowest BCUT2D eigenvalue weighted by Gasteiger charge is -2.18. The van der Waals surface area contributed by atoms with Crippen LogP contribution in [-0.2, 0) is 4.79 Å². The molecule has 0 bridgehead atoms. The second-order valence-corrected chi connectivity index (χ2v) is 8.55. The summed E-state index contributed by atoms with van der Waals surface area (Å²) in [6.07, 6.45) is 5.13. The number of amides is 1. The van der Waals surface area contributed by atoms with E-state index in [1.807, 2.05) is 0 Å². The molecule has 194 valence electrons. The molecule has 0 atom stereocenters. The number of hydrogen-bond acceptors (Lipinski definition) is 5. The third-order valence-corrected chi connectivity index (χ3v) is 5.83. The minimum Gasteiger partial charge on any atom is -0.481 e. The van der Waals surface area contributed by atoms with Crippen LogP contribution in [0.1, 0.15) is 36.0 Å². The lowest BCUT2D eigenvalue weighted by Crippen LogP contribution is -2.26. The summed E-state index contributed by atoms with van der Waals surface area (Å²) in [6.45, 7) is 0. The Morgan fingerprint density at radius 1 is 1.00 bits per heavy atom. The monoisotopic (exact) mass is 517 g/mol. The molecule has 0 fully saturated rings. The molecule has 1 N–H and O–H groups in total. The van der Waals surface area contributed by atoms with Crippen LogP contribution in [0.25, 0.3) is 16.9 Å². The number of rotatable bonds is 10. The molecule has 38 heavy (non-hydrogen) atoms. The molecular formula is C28H25F2N5O3. The molecule has 1 heterocycles. The maximum atomic E-state index is 13.4. The first-order chi connectivity index (χ1) is 18.3. The van der Waals surface area contributed by atoms with Gasteiger partial charge in [-0.05, 0) is 79.9 Å². The number of nitrogens with zero attached hydrogens (tertiary/aromatic N) is 5. The zero-order valence-corrected chi connectivity index (χ0v) is 20.6. The highest BCUT2D eigenvalue weighted by molar-refractivity contribution is 6.09. The zero-order chi connectivity index (χ0) is 27.1. The summed E-state index contributed by atoms with van der Waals surface area (Å²) in [5, 5.41) is 17.1. The summed E-state index contributed by atoms with van der Waals surface area (Å²) < 4.78 is 28.2. The van der Waals surface area contributed by atoms with Crippen LogP contribution in [0, 0.1) is 11.6 Å². The Kier molecular flexibility index (Phi) is 8.32. The number of aliphatic imine (C=N–C) groups is 1. The number of carboxylic acid groups (broad SMARTS) is 1. The lowest BCUT2D eigenvalue weighted by atomic mass is 10.1. The van der Waals surface area contributed by atoms with Crippen LogP contribution >= 0.6 is 0 Å². The van der Waals surface area contributed by atoms with Crippen LogP contribution in [-0.4, -0.2) is 45.2 Å². The number of carboxylic acids is 1. The minimum absolute atomic E-state index is 0.0826. The molecule has 0 radical (unpaired) electrons. The maximum absolute atomic E-state index is 13.4. The van der Waals surface area contributed by atoms with Gasteiger partial charge in [0.1, 0.15) is 17.3 Å². The second-order valence-electron chi connectivity index (χ2n) is 8.55. The van der Waals surface area contributed by atoms with Crippen molar-refractivity contribution in [3.8, 4) is 16.9 Å². The van der Waals surface area contributed by atoms with E-state index in [0.29, 0.717) is 53.1 Å². The molecule has 0 aliphatic rings. The van der Waals surface area contributed by atoms with Crippen LogP contribution in [0.4, 0.5) is 20.2 Å². The molecular weight excluding hydrogens is 492 g/mol. The number of unbranched alkanes of at least 4 members (excludes halogenated alkanes) is 2. The highest BCUT2D eigenvalue weighted by atomic mass is 19.1. The number of anilines is 1. The van der Waals surface area contributed by atoms with E-state index >= 15 is 0 Å². The van der Waals surface area contributed by atoms with Gasteiger partial charge in [0.15, 0.2) is 0 Å². The Morgan fingerprint density at radius 3 is 2.37 bits per heavy atom. The van der Waals surface area contributed by atoms with Gasteiger partial charge in [0, 0.05) is 30.9 Å². The van der Waals surface area contributed by atoms with Crippen molar-refractivity contribution < 1.29 is 23.5 Å². The standard InChI is InChI=1S/C28H25F2N5O3/c1-34(22-11-7-20(29)8-12-22)28(38)24-15-6-19(17-25(24)31-16-4-2-3-5-27(36)37)26-18-35(33-32-26)23-13-9-21(30)10-14-23/h6-18H,2-5H2,1H3,(H,36,37). The molecule has 0 unspecified atom stereocenters. The van der Waals surface area contributed by atoms with Gasteiger partial charge in [-0.15, -0.1) is 5.10 Å². The van der Waals surface area contributed by atoms with E-state index in [2.05, 4.69) is 15.3 Å². The smallest absolute Gasteiger partial charge is 0.303 e. The van der Waals surface area contributed by atoms with Crippen LogP contribution < -0.4 is 4.90 Å². The first kappa shape index (κ1) is 26.3. The Labute approximate surface area is 217 Å². The third kappa shape index (κ3) is 6.52. The first-order valence-corrected chi connectivity index (χ1v) is 11.9. The minimum atomic E-state index is -0.847. The van der Waals surface area contributed by atoms with Gasteiger partial charge in [-0.3, -0.25) is 14.6 Å². The SMILES string of the molecule is CN(C(=O)c1ccc(-c2cn(-c3ccc(F)cc3)nn2)cc1N=CCCCCC(=O)O)c1ccc(F)cc1. The molecule has 4 rings (SSSR count). The van der Waals surface area contributed by atoms with E-state index in [-0.39, 0.29) is 18.1 Å². The number of aromatic nitrogens is 3. The number of halogens is 2. The van der Waals surface area contributed by atoms with Crippen LogP contribution in [0.5, 0.6) is 0 Å². The van der Waals surface area contributed by atoms with E-state index < -0.39 is 11.8 Å². The Morgan fingerprint density at radius 2 is 1.68 bits per heavy atom. The second kappa shape index (κ2) is 12.0. The van der Waals surface area contributed by atoms with Crippen LogP contribution in [0.15, 0.2) is 77.9 Å². The van der Waals surface area contributed by atoms with Crippen LogP contribution in [0.2, 0.25) is 0 Å². The fraction of sp³-hybridized carbons (Fsp3) is 0.179. The number of carbonyl (C=O) groups excluding carboxylic acids is 1. The molecule has 8 nitrogen and oxygen atoms in total. The Balaban J connectivity index is 1.62. The summed E-state index contributed by atoms with van der Waals surface area (Å²) in [5.41, 5.74) is 3.07. The predicted molar refractivity (Wildman–Crippen MR) is 140 cm³/mol. The number of benzene rings is 3. The summed E-state index contributed by atoms with van der Waals surface area (Å²) in [6, 6.07) is 16.5. The molecule has 3 aromatic carbocycles. The van der Waals surface area contributed by atoms with E-state index in [0.717, 1.165) is 0 Å². The van der Waals surface area contributed by atoms with Gasteiger partial charge in [0.25, 0.3) is 5.91 Å². The van der Waals surface area contributed by atoms with E-state index in [9.17, 15) is 18.4 Å². The van der Waals surface area contributed by atoms with E-state index in [4.69, 9.17) is 5.11 Å². The van der Waals surface area contributed by atoms with E-state index in [1.165, 1.54) is 46.0 Å². The highest BCUT2D eigenvalue weighted by Crippen LogP contribution is 2.29. The average Bonchev–Trinajstić information content (AvgIpc) is 3.41. The van der Waals surface area contributed by atoms with Gasteiger partial charge >= 0.3 is 5.97 Å². The largest absolute Gasteiger partial charge is 0.481 e. The third-order valence-electron chi connectivity index (χ3n) is 5.83. The summed E-state index contributed by atoms with van der Waals surface area (Å²) in [5.74, 6) is -1.94. The van der Waals surface area contributed by atoms with Gasteiger partial charge in [0.2, 0.25) is 0 Å². The fourth-order valence-corrected chi connectivity index (χ4v) is 3.73. The van der Waals surface area contributed by atoms with Crippen molar-refractivity contribution in [3.05, 3.63) is 90.1 Å². The van der Waals surface area contributed by atoms with Gasteiger partial charge in [-0.2, -0.15) is 0 Å². The maximum Gasteiger partial charge on any atom is 0.303 e. The molecule has 0 saturated carbocycles. The summed E-state index contributed by atoms with van der Waals surface area (Å²) in [7, 11) is 1.59. The quantitative estimate of drug-likeness (QED) is 0.211. The molecule has 0 saturated heterocycles. The highest BCUT2D eigenvalue weighted by Gasteiger charge is 2.19. The number of aliphatic carboxylic acids is 1. The van der Waals surface area contributed by atoms with Crippen molar-refractivity contribution >= 4 is 29.5 Å². The van der Waals surface area contributed by atoms with Crippen molar-refractivity contribution in [1.29, 1.82) is 0 Å². The molecule has 1 aromatic heterocycles. The number of carbonyl (C=O) groups is 2. The Bertz CT molecular complexity index is 1450. The molecule has 0 aliphatic heterocycles. The molecule has 1 amide bonds. The predicted octanol–water partition coefficient (Wildman–Crippen LogP) is 5.84. The van der Waals surface area contributed by atoms with E-state index in [1.54, 1.807) is 49.8 Å². The zero-order valence-electron chi connectivity index (χ0n) is 20.6. The van der Waals surface area contributed by atoms with Gasteiger partial charge < -0.3 is 10.0 Å². The van der Waals surface area contributed by atoms with Crippen molar-refractivity contribution in [3.63, 3.8) is 0 Å². The van der Waals surface area contributed by atoms with Crippen molar-refractivity contribution in [2.75, 3.05) is 11.9 Å². The van der Waals surface area contributed by atoms with Gasteiger partial charge in [-0.1, -0.05) is 11.3 Å². The van der Waals surface area contributed by atoms with Crippen molar-refractivity contribution in [1.82, 2.24) is 15.0 Å². The molecule has 0 aliphatic carbocycles. The first-order valence-electron chi connectivity index (χ1n) is 11.9. The lowest BCUT2D eigenvalue weighted by molar-refractivity contribution is -0.137. The summed E-state index contributed by atoms with van der Waals surface area (Å²) >= 11 is 0. The normalized spacial score (nSPS) is 11.1. The van der Waals surface area contributed by atoms with Crippen molar-refractivity contribution in [2.45, 2.75) is 25.7 Å². The Hall–Kier alpha value is -4.73. The topological polar surface area (TPSA) is 101 Å². The molecule has 0 spiro atoms. The van der Waals surface area contributed by atoms with Crippen LogP contribution in [0.3, 0.4) is 0 Å². The summed E-state index contributed by atoms with van der Waals surface area (Å²) in [4.78, 5) is 30.0. The number of hydrogen-bond donors (Lipinski definition) is 1. The molecule has 10 heteroatoms.